The van der Waals surface area contributed by atoms with Gasteiger partial charge in [-0.3, -0.25) is 9.59 Å². The van der Waals surface area contributed by atoms with E-state index in [1.165, 1.54) is 26.4 Å². The first-order chi connectivity index (χ1) is 9.15. The van der Waals surface area contributed by atoms with Gasteiger partial charge in [0.25, 0.3) is 0 Å². The molecule has 0 spiro atoms. The summed E-state index contributed by atoms with van der Waals surface area (Å²) in [5.74, 6) is 2.20. The fourth-order valence-electron chi connectivity index (χ4n) is 2.84. The topological polar surface area (TPSA) is 43.4 Å². The minimum atomic E-state index is -0.114. The number of hydrogen-bond acceptors (Lipinski definition) is 4. The molecular weight excluding hydrogens is 260 g/mol. The molecule has 2 aliphatic carbocycles. The van der Waals surface area contributed by atoms with Gasteiger partial charge < -0.3 is 4.74 Å². The molecule has 0 aromatic rings. The smallest absolute Gasteiger partial charge is 0.306 e. The Labute approximate surface area is 119 Å². The molecule has 0 amide bonds. The minimum Gasteiger partial charge on any atom is -0.469 e. The predicted octanol–water partition coefficient (Wildman–Crippen LogP) is 3.21. The van der Waals surface area contributed by atoms with E-state index in [0.717, 1.165) is 31.4 Å². The average Bonchev–Trinajstić information content (AvgIpc) is 3.19. The monoisotopic (exact) mass is 284 g/mol. The Morgan fingerprint density at radius 2 is 1.89 bits per heavy atom. The molecule has 0 atom stereocenters. The van der Waals surface area contributed by atoms with E-state index in [-0.39, 0.29) is 11.4 Å². The van der Waals surface area contributed by atoms with Crippen molar-refractivity contribution in [2.24, 2.45) is 11.3 Å². The Bertz CT molecular complexity index is 330. The first-order valence-electron chi connectivity index (χ1n) is 7.32. The first kappa shape index (κ1) is 14.9. The van der Waals surface area contributed by atoms with Crippen LogP contribution in [0.2, 0.25) is 0 Å². The highest BCUT2D eigenvalue weighted by Crippen LogP contribution is 2.51. The highest BCUT2D eigenvalue weighted by atomic mass is 32.2. The standard InChI is InChI=1S/C15H24O3S/c1-18-14(17)9-15(7-8-15)11-19-10-13(16)12-5-3-2-4-6-12/h12H,2-11H2,1H3. The third-order valence-corrected chi connectivity index (χ3v) is 5.72. The van der Waals surface area contributed by atoms with Gasteiger partial charge in [0.2, 0.25) is 0 Å². The Kier molecular flexibility index (Phi) is 5.31. The maximum Gasteiger partial charge on any atom is 0.306 e. The molecule has 4 heteroatoms. The summed E-state index contributed by atoms with van der Waals surface area (Å²) in [5.41, 5.74) is 0.143. The number of carbonyl (C=O) groups is 2. The summed E-state index contributed by atoms with van der Waals surface area (Å²) in [7, 11) is 1.44. The number of esters is 1. The highest BCUT2D eigenvalue weighted by Gasteiger charge is 2.44. The number of carbonyl (C=O) groups excluding carboxylic acids is 2. The zero-order valence-corrected chi connectivity index (χ0v) is 12.6. The number of Topliss-reactive ketones (excluding diaryl/α,β-unsaturated/α-hetero) is 1. The van der Waals surface area contributed by atoms with E-state index in [1.807, 2.05) is 0 Å². The van der Waals surface area contributed by atoms with Crippen molar-refractivity contribution in [3.8, 4) is 0 Å². The summed E-state index contributed by atoms with van der Waals surface area (Å²) >= 11 is 1.72. The number of rotatable bonds is 7. The summed E-state index contributed by atoms with van der Waals surface area (Å²) in [5, 5.41) is 0. The van der Waals surface area contributed by atoms with Gasteiger partial charge >= 0.3 is 5.97 Å². The minimum absolute atomic E-state index is 0.114. The van der Waals surface area contributed by atoms with Gasteiger partial charge in [-0.1, -0.05) is 19.3 Å². The van der Waals surface area contributed by atoms with Gasteiger partial charge in [0.15, 0.2) is 0 Å². The van der Waals surface area contributed by atoms with Crippen LogP contribution >= 0.6 is 11.8 Å². The van der Waals surface area contributed by atoms with Crippen LogP contribution in [-0.2, 0) is 14.3 Å². The Morgan fingerprint density at radius 3 is 2.47 bits per heavy atom. The molecule has 19 heavy (non-hydrogen) atoms. The fourth-order valence-corrected chi connectivity index (χ4v) is 4.20. The zero-order chi connectivity index (χ0) is 13.7. The van der Waals surface area contributed by atoms with E-state index in [2.05, 4.69) is 0 Å². The summed E-state index contributed by atoms with van der Waals surface area (Å²) in [4.78, 5) is 23.4. The molecule has 0 radical (unpaired) electrons. The first-order valence-corrected chi connectivity index (χ1v) is 8.48. The second-order valence-electron chi connectivity index (χ2n) is 6.05. The molecule has 3 nitrogen and oxygen atoms in total. The maximum atomic E-state index is 12.1. The van der Waals surface area contributed by atoms with Gasteiger partial charge in [0.1, 0.15) is 5.78 Å². The molecule has 0 aromatic heterocycles. The summed E-state index contributed by atoms with van der Waals surface area (Å²) in [6, 6.07) is 0. The van der Waals surface area contributed by atoms with Crippen molar-refractivity contribution in [1.82, 2.24) is 0 Å². The van der Waals surface area contributed by atoms with Crippen molar-refractivity contribution in [3.63, 3.8) is 0 Å². The van der Waals surface area contributed by atoms with E-state index in [0.29, 0.717) is 23.9 Å². The molecule has 0 bridgehead atoms. The number of hydrogen-bond donors (Lipinski definition) is 0. The van der Waals surface area contributed by atoms with Gasteiger partial charge in [-0.25, -0.2) is 0 Å². The molecule has 0 aliphatic heterocycles. The third kappa shape index (κ3) is 4.51. The normalized spacial score (nSPS) is 21.9. The Hall–Kier alpha value is -0.510. The van der Waals surface area contributed by atoms with E-state index >= 15 is 0 Å². The van der Waals surface area contributed by atoms with Crippen LogP contribution in [-0.4, -0.2) is 30.4 Å². The SMILES string of the molecule is COC(=O)CC1(CSCC(=O)C2CCCCC2)CC1. The van der Waals surface area contributed by atoms with Crippen molar-refractivity contribution in [3.05, 3.63) is 0 Å². The largest absolute Gasteiger partial charge is 0.469 e. The van der Waals surface area contributed by atoms with Gasteiger partial charge in [-0.05, 0) is 36.9 Å². The molecule has 0 aromatic carbocycles. The fraction of sp³-hybridized carbons (Fsp3) is 0.867. The van der Waals surface area contributed by atoms with Crippen LogP contribution in [0.25, 0.3) is 0 Å². The lowest BCUT2D eigenvalue weighted by Crippen LogP contribution is -2.20. The van der Waals surface area contributed by atoms with E-state index in [4.69, 9.17) is 4.74 Å². The quantitative estimate of drug-likeness (QED) is 0.673. The molecule has 2 rings (SSSR count). The lowest BCUT2D eigenvalue weighted by Gasteiger charge is -2.20. The van der Waals surface area contributed by atoms with Crippen LogP contribution in [0.15, 0.2) is 0 Å². The number of ether oxygens (including phenoxy) is 1. The Balaban J connectivity index is 1.65. The number of methoxy groups -OCH3 is 1. The summed E-state index contributed by atoms with van der Waals surface area (Å²) in [6.07, 6.45) is 8.63. The lowest BCUT2D eigenvalue weighted by molar-refractivity contribution is -0.141. The molecule has 2 fully saturated rings. The molecule has 0 N–H and O–H groups in total. The summed E-state index contributed by atoms with van der Waals surface area (Å²) < 4.78 is 4.73. The van der Waals surface area contributed by atoms with Crippen LogP contribution in [0.1, 0.15) is 51.4 Å². The predicted molar refractivity (Wildman–Crippen MR) is 77.2 cm³/mol. The average molecular weight is 284 g/mol. The van der Waals surface area contributed by atoms with E-state index in [9.17, 15) is 9.59 Å². The molecule has 0 saturated heterocycles. The molecule has 2 saturated carbocycles. The molecule has 2 aliphatic rings. The highest BCUT2D eigenvalue weighted by molar-refractivity contribution is 8.00. The van der Waals surface area contributed by atoms with Crippen molar-refractivity contribution in [2.75, 3.05) is 18.6 Å². The molecule has 0 heterocycles. The van der Waals surface area contributed by atoms with Crippen LogP contribution in [0, 0.1) is 11.3 Å². The van der Waals surface area contributed by atoms with Crippen LogP contribution in [0.4, 0.5) is 0 Å². The van der Waals surface area contributed by atoms with Crippen LogP contribution < -0.4 is 0 Å². The summed E-state index contributed by atoms with van der Waals surface area (Å²) in [6.45, 7) is 0. The van der Waals surface area contributed by atoms with Gasteiger partial charge in [0, 0.05) is 5.92 Å². The van der Waals surface area contributed by atoms with E-state index in [1.54, 1.807) is 11.8 Å². The number of ketones is 1. The molecular formula is C15H24O3S. The molecule has 0 unspecified atom stereocenters. The van der Waals surface area contributed by atoms with Gasteiger partial charge in [0.05, 0.1) is 19.3 Å². The van der Waals surface area contributed by atoms with Gasteiger partial charge in [-0.2, -0.15) is 11.8 Å². The van der Waals surface area contributed by atoms with E-state index < -0.39 is 0 Å². The third-order valence-electron chi connectivity index (χ3n) is 4.42. The van der Waals surface area contributed by atoms with Crippen LogP contribution in [0.3, 0.4) is 0 Å². The zero-order valence-electron chi connectivity index (χ0n) is 11.8. The van der Waals surface area contributed by atoms with Crippen molar-refractivity contribution >= 4 is 23.5 Å². The van der Waals surface area contributed by atoms with Crippen molar-refractivity contribution in [2.45, 2.75) is 51.4 Å². The van der Waals surface area contributed by atoms with Crippen molar-refractivity contribution < 1.29 is 14.3 Å². The van der Waals surface area contributed by atoms with Crippen molar-refractivity contribution in [1.29, 1.82) is 0 Å². The van der Waals surface area contributed by atoms with Gasteiger partial charge in [-0.15, -0.1) is 0 Å². The second kappa shape index (κ2) is 6.78. The van der Waals surface area contributed by atoms with Crippen LogP contribution in [0.5, 0.6) is 0 Å². The number of thioether (sulfide) groups is 1. The second-order valence-corrected chi connectivity index (χ2v) is 7.03. The maximum absolute atomic E-state index is 12.1. The molecule has 108 valence electrons. The lowest BCUT2D eigenvalue weighted by atomic mass is 9.87. The Morgan fingerprint density at radius 1 is 1.21 bits per heavy atom.